The van der Waals surface area contributed by atoms with Crippen molar-refractivity contribution in [2.24, 2.45) is 5.89 Å². The first-order valence-corrected chi connectivity index (χ1v) is 1.87. The predicted molar refractivity (Wildman–Crippen MR) is 20.4 cm³/mol. The molecule has 2 nitrogen and oxygen atoms in total. The normalized spacial score (nSPS) is 30.0. The highest BCUT2D eigenvalue weighted by atomic mass is 16.4. The lowest BCUT2D eigenvalue weighted by Gasteiger charge is -1.75. The number of hydrogen-bond donors (Lipinski definition) is 1. The maximum atomic E-state index is 10.3. The zero-order chi connectivity index (χ0) is 6.20. The van der Waals surface area contributed by atoms with Crippen LogP contribution in [-0.2, 0) is 4.79 Å². The Labute approximate surface area is 38.7 Å². The third-order valence-corrected chi connectivity index (χ3v) is 0.789. The fourth-order valence-electron chi connectivity index (χ4n) is 0.267. The Morgan fingerprint density at radius 3 is 3.00 bits per heavy atom. The molecule has 0 saturated heterocycles. The van der Waals surface area contributed by atoms with E-state index in [1.807, 2.05) is 0 Å². The van der Waals surface area contributed by atoms with Crippen LogP contribution in [-0.4, -0.2) is 11.1 Å². The van der Waals surface area contributed by atoms with E-state index >= 15 is 0 Å². The minimum Gasteiger partial charge on any atom is -0.481 e. The number of carbonyl (C=O) groups is 1. The molecule has 0 bridgehead atoms. The molecule has 1 aliphatic rings. The molecule has 1 rings (SSSR count). The quantitative estimate of drug-likeness (QED) is 0.506. The van der Waals surface area contributed by atoms with Crippen molar-refractivity contribution in [2.45, 2.75) is 12.8 Å². The standard InChI is InChI=1S/C4H6O2/c5-4(6)3-1-2-3/h3H,1-2H2,(H,5,6)/i3D/hD. The first-order chi connectivity index (χ1) is 3.69. The smallest absolute Gasteiger partial charge is 0.306 e. The second-order valence-corrected chi connectivity index (χ2v) is 1.39. The highest BCUT2D eigenvalue weighted by Gasteiger charge is 2.28. The van der Waals surface area contributed by atoms with E-state index in [1.54, 1.807) is 0 Å². The van der Waals surface area contributed by atoms with Crippen LogP contribution >= 0.6 is 0 Å². The van der Waals surface area contributed by atoms with Crippen molar-refractivity contribution < 1.29 is 11.3 Å². The third-order valence-electron chi connectivity index (χ3n) is 0.789. The van der Waals surface area contributed by atoms with Gasteiger partial charge in [0.1, 0.15) is 0 Å². The van der Waals surface area contributed by atoms with Gasteiger partial charge in [-0.3, -0.25) is 4.79 Å². The van der Waals surface area contributed by atoms with E-state index in [-0.39, 0.29) is 0 Å². The van der Waals surface area contributed by atoms with Crippen LogP contribution in [0.3, 0.4) is 0 Å². The second kappa shape index (κ2) is 0.965. The third kappa shape index (κ3) is 0.506. The molecule has 0 radical (unpaired) electrons. The van der Waals surface area contributed by atoms with Crippen LogP contribution in [0.4, 0.5) is 0 Å². The molecule has 0 atom stereocenters. The van der Waals surface area contributed by atoms with E-state index in [9.17, 15) is 4.79 Å². The highest BCUT2D eigenvalue weighted by Crippen LogP contribution is 2.28. The molecular weight excluding hydrogens is 80.0 g/mol. The largest absolute Gasteiger partial charge is 0.481 e. The van der Waals surface area contributed by atoms with Crippen LogP contribution in [0.15, 0.2) is 0 Å². The lowest BCUT2D eigenvalue weighted by molar-refractivity contribution is -0.138. The van der Waals surface area contributed by atoms with Crippen LogP contribution in [0.5, 0.6) is 0 Å². The maximum absolute atomic E-state index is 10.3. The van der Waals surface area contributed by atoms with E-state index < -0.39 is 11.9 Å². The van der Waals surface area contributed by atoms with Crippen LogP contribution in [0, 0.1) is 5.89 Å². The Morgan fingerprint density at radius 1 is 2.17 bits per heavy atom. The van der Waals surface area contributed by atoms with E-state index in [1.165, 1.54) is 0 Å². The molecule has 1 aliphatic carbocycles. The van der Waals surface area contributed by atoms with Gasteiger partial charge in [-0.15, -0.1) is 0 Å². The van der Waals surface area contributed by atoms with Crippen molar-refractivity contribution in [3.63, 3.8) is 0 Å². The first-order valence-electron chi connectivity index (χ1n) is 2.77. The molecule has 2 heteroatoms. The summed E-state index contributed by atoms with van der Waals surface area (Å²) in [5.41, 5.74) is 0. The van der Waals surface area contributed by atoms with Gasteiger partial charge in [-0.2, -0.15) is 0 Å². The predicted octanol–water partition coefficient (Wildman–Crippen LogP) is 0.481. The Hall–Kier alpha value is -0.530. The summed E-state index contributed by atoms with van der Waals surface area (Å²) in [5, 5.41) is 3.60. The van der Waals surface area contributed by atoms with Crippen molar-refractivity contribution >= 4 is 5.97 Å². The molecule has 1 N–H and O–H groups in total. The van der Waals surface area contributed by atoms with Crippen LogP contribution < -0.4 is 0 Å². The molecule has 0 unspecified atom stereocenters. The lowest BCUT2D eigenvalue weighted by Crippen LogP contribution is -1.94. The van der Waals surface area contributed by atoms with Crippen LogP contribution in [0.2, 0.25) is 0 Å². The van der Waals surface area contributed by atoms with Gasteiger partial charge in [0.25, 0.3) is 1.43 Å². The van der Waals surface area contributed by atoms with E-state index in [0.717, 1.165) is 0 Å². The topological polar surface area (TPSA) is 37.3 Å². The molecule has 0 heterocycles. The molecule has 6 heavy (non-hydrogen) atoms. The SMILES string of the molecule is [2H]OC(=O)C1([2H])CC1. The fraction of sp³-hybridized carbons (Fsp3) is 0.750. The summed E-state index contributed by atoms with van der Waals surface area (Å²) in [6, 6.07) is 0. The van der Waals surface area contributed by atoms with Crippen LogP contribution in [0.1, 0.15) is 14.2 Å². The molecule has 0 aromatic rings. The summed E-state index contributed by atoms with van der Waals surface area (Å²) in [7, 11) is 0. The molecule has 1 fully saturated rings. The van der Waals surface area contributed by atoms with Crippen molar-refractivity contribution in [3.8, 4) is 0 Å². The Kier molecular flexibility index (Phi) is 0.315. The van der Waals surface area contributed by atoms with Gasteiger partial charge >= 0.3 is 5.97 Å². The van der Waals surface area contributed by atoms with Gasteiger partial charge in [0.05, 0.1) is 5.89 Å². The minimum absolute atomic E-state index is 0.546. The zero-order valence-electron chi connectivity index (χ0n) is 5.23. The zero-order valence-corrected chi connectivity index (χ0v) is 3.23. The number of aliphatic carboxylic acids is 1. The van der Waals surface area contributed by atoms with Crippen molar-refractivity contribution in [3.05, 3.63) is 0 Å². The van der Waals surface area contributed by atoms with Gasteiger partial charge in [-0.25, -0.2) is 0 Å². The average Bonchev–Trinajstić information content (AvgIpc) is 2.47. The van der Waals surface area contributed by atoms with Gasteiger partial charge in [-0.1, -0.05) is 0 Å². The van der Waals surface area contributed by atoms with Gasteiger partial charge in [0, 0.05) is 1.37 Å². The molecule has 34 valence electrons. The number of rotatable bonds is 1. The number of carboxylic acids is 1. The molecule has 0 aromatic carbocycles. The second-order valence-electron chi connectivity index (χ2n) is 1.39. The fourth-order valence-corrected chi connectivity index (χ4v) is 0.267. The van der Waals surface area contributed by atoms with E-state index in [2.05, 4.69) is 5.11 Å². The van der Waals surface area contributed by atoms with Gasteiger partial charge in [0.15, 0.2) is 0 Å². The molecule has 0 aromatic heterocycles. The summed E-state index contributed by atoms with van der Waals surface area (Å²) in [6.07, 6.45) is 1.09. The molecule has 0 spiro atoms. The van der Waals surface area contributed by atoms with Crippen molar-refractivity contribution in [1.82, 2.24) is 0 Å². The van der Waals surface area contributed by atoms with Crippen molar-refractivity contribution in [2.75, 3.05) is 0 Å². The van der Waals surface area contributed by atoms with Gasteiger partial charge in [-0.05, 0) is 12.8 Å². The summed E-state index contributed by atoms with van der Waals surface area (Å²) in [4.78, 5) is 10.3. The maximum Gasteiger partial charge on any atom is 0.306 e. The van der Waals surface area contributed by atoms with Crippen LogP contribution in [0.25, 0.3) is 1.43 Å². The van der Waals surface area contributed by atoms with E-state index in [0.29, 0.717) is 12.8 Å². The first kappa shape index (κ1) is 1.96. The molecular formula is C4H6O2. The summed E-state index contributed by atoms with van der Waals surface area (Å²) in [5.74, 6) is -1.76. The summed E-state index contributed by atoms with van der Waals surface area (Å²) in [6.45, 7) is 0. The van der Waals surface area contributed by atoms with Gasteiger partial charge in [0.2, 0.25) is 0 Å². The molecule has 0 amide bonds. The van der Waals surface area contributed by atoms with Crippen molar-refractivity contribution in [1.29, 1.82) is 1.43 Å². The monoisotopic (exact) mass is 88.0 g/mol. The minimum atomic E-state index is -1.04. The lowest BCUT2D eigenvalue weighted by atomic mass is 10.5. The Morgan fingerprint density at radius 2 is 2.83 bits per heavy atom. The number of carboxylic acid groups (broad SMARTS) is 1. The van der Waals surface area contributed by atoms with Gasteiger partial charge < -0.3 is 5.11 Å². The molecule has 0 aliphatic heterocycles. The van der Waals surface area contributed by atoms with E-state index in [4.69, 9.17) is 2.80 Å². The number of hydrogen-bond acceptors (Lipinski definition) is 2. The summed E-state index contributed by atoms with van der Waals surface area (Å²) >= 11 is 0. The Balaban J connectivity index is 2.46. The average molecular weight is 88.1 g/mol. The Bertz CT molecular complexity index is 119. The summed E-state index contributed by atoms with van der Waals surface area (Å²) < 4.78 is 13.2. The highest BCUT2D eigenvalue weighted by molar-refractivity contribution is 5.72. The molecule has 1 saturated carbocycles.